The van der Waals surface area contributed by atoms with Gasteiger partial charge in [0.2, 0.25) is 0 Å². The second-order valence-electron chi connectivity index (χ2n) is 2.54. The molecule has 1 rings (SSSR count). The summed E-state index contributed by atoms with van der Waals surface area (Å²) in [6, 6.07) is 1.32. The Morgan fingerprint density at radius 1 is 1.21 bits per heavy atom. The molecule has 0 aliphatic heterocycles. The highest BCUT2D eigenvalue weighted by Crippen LogP contribution is 2.43. The maximum absolute atomic E-state index is 12.2. The largest absolute Gasteiger partial charge is 0.508 e. The van der Waals surface area contributed by atoms with Crippen LogP contribution in [0.3, 0.4) is 0 Å². The van der Waals surface area contributed by atoms with Gasteiger partial charge >= 0.3 is 6.18 Å². The van der Waals surface area contributed by atoms with E-state index in [0.717, 1.165) is 13.2 Å². The topological polar surface area (TPSA) is 49.7 Å². The van der Waals surface area contributed by atoms with Crippen molar-refractivity contribution < 1.29 is 28.1 Å². The third-order valence-corrected chi connectivity index (χ3v) is 1.59. The summed E-state index contributed by atoms with van der Waals surface area (Å²) in [5.74, 6) is -2.07. The van der Waals surface area contributed by atoms with Crippen LogP contribution >= 0.6 is 0 Å². The molecule has 0 aromatic heterocycles. The summed E-state index contributed by atoms with van der Waals surface area (Å²) in [6.07, 6.45) is -4.73. The summed E-state index contributed by atoms with van der Waals surface area (Å²) in [5, 5.41) is 18.0. The molecule has 0 spiro atoms. The van der Waals surface area contributed by atoms with Crippen molar-refractivity contribution in [3.8, 4) is 17.2 Å². The zero-order valence-corrected chi connectivity index (χ0v) is 7.09. The smallest absolute Gasteiger partial charge is 0.420 e. The van der Waals surface area contributed by atoms with Gasteiger partial charge in [0.05, 0.1) is 7.11 Å². The van der Waals surface area contributed by atoms with Crippen molar-refractivity contribution in [3.05, 3.63) is 17.7 Å². The number of aromatic hydroxyl groups is 2. The van der Waals surface area contributed by atoms with Gasteiger partial charge in [-0.05, 0) is 6.07 Å². The molecule has 78 valence electrons. The second-order valence-corrected chi connectivity index (χ2v) is 2.54. The maximum atomic E-state index is 12.2. The van der Waals surface area contributed by atoms with E-state index in [4.69, 9.17) is 10.2 Å². The predicted octanol–water partition coefficient (Wildman–Crippen LogP) is 2.13. The lowest BCUT2D eigenvalue weighted by Crippen LogP contribution is -2.05. The van der Waals surface area contributed by atoms with E-state index in [2.05, 4.69) is 4.74 Å². The van der Waals surface area contributed by atoms with Gasteiger partial charge in [-0.1, -0.05) is 0 Å². The number of halogens is 3. The van der Waals surface area contributed by atoms with Gasteiger partial charge in [-0.2, -0.15) is 13.2 Å². The van der Waals surface area contributed by atoms with Crippen LogP contribution in [0.5, 0.6) is 17.2 Å². The van der Waals surface area contributed by atoms with Crippen LogP contribution < -0.4 is 4.74 Å². The minimum absolute atomic E-state index is 0.419. The molecule has 0 heterocycles. The van der Waals surface area contributed by atoms with Crippen LogP contribution in [0.15, 0.2) is 12.1 Å². The number of alkyl halides is 3. The molecule has 0 atom stereocenters. The van der Waals surface area contributed by atoms with E-state index in [-0.39, 0.29) is 0 Å². The van der Waals surface area contributed by atoms with Gasteiger partial charge in [0.1, 0.15) is 11.3 Å². The van der Waals surface area contributed by atoms with E-state index < -0.39 is 29.0 Å². The van der Waals surface area contributed by atoms with Gasteiger partial charge in [-0.25, -0.2) is 0 Å². The lowest BCUT2D eigenvalue weighted by atomic mass is 10.1. The number of phenolic OH excluding ortho intramolecular Hbond substituents is 2. The third kappa shape index (κ3) is 1.84. The molecule has 1 aromatic rings. The van der Waals surface area contributed by atoms with Crippen LogP contribution in [0, 0.1) is 0 Å². The predicted molar refractivity (Wildman–Crippen MR) is 41.3 cm³/mol. The van der Waals surface area contributed by atoms with Crippen LogP contribution in [0.4, 0.5) is 13.2 Å². The normalized spacial score (nSPS) is 11.4. The van der Waals surface area contributed by atoms with E-state index in [1.807, 2.05) is 0 Å². The Morgan fingerprint density at radius 2 is 1.79 bits per heavy atom. The molecule has 0 fully saturated rings. The first-order chi connectivity index (χ1) is 6.36. The van der Waals surface area contributed by atoms with Crippen molar-refractivity contribution in [2.45, 2.75) is 6.18 Å². The van der Waals surface area contributed by atoms with Crippen LogP contribution in [0.2, 0.25) is 0 Å². The van der Waals surface area contributed by atoms with Gasteiger partial charge in [-0.15, -0.1) is 0 Å². The van der Waals surface area contributed by atoms with Crippen molar-refractivity contribution in [2.75, 3.05) is 7.11 Å². The van der Waals surface area contributed by atoms with Crippen molar-refractivity contribution in [1.29, 1.82) is 0 Å². The van der Waals surface area contributed by atoms with Gasteiger partial charge in [-0.3, -0.25) is 0 Å². The second kappa shape index (κ2) is 3.28. The van der Waals surface area contributed by atoms with Gasteiger partial charge in [0.15, 0.2) is 11.5 Å². The molecule has 6 heteroatoms. The minimum Gasteiger partial charge on any atom is -0.508 e. The maximum Gasteiger partial charge on any atom is 0.420 e. The number of methoxy groups -OCH3 is 1. The fourth-order valence-corrected chi connectivity index (χ4v) is 0.965. The van der Waals surface area contributed by atoms with Crippen LogP contribution in [-0.4, -0.2) is 17.3 Å². The van der Waals surface area contributed by atoms with Crippen LogP contribution in [0.1, 0.15) is 5.56 Å². The number of ether oxygens (including phenoxy) is 1. The third-order valence-electron chi connectivity index (χ3n) is 1.59. The zero-order chi connectivity index (χ0) is 10.9. The van der Waals surface area contributed by atoms with Crippen LogP contribution in [0.25, 0.3) is 0 Å². The number of benzene rings is 1. The summed E-state index contributed by atoms with van der Waals surface area (Å²) in [7, 11) is 1.09. The Morgan fingerprint density at radius 3 is 2.21 bits per heavy atom. The molecule has 0 amide bonds. The van der Waals surface area contributed by atoms with E-state index in [9.17, 15) is 13.2 Å². The average Bonchev–Trinajstić information content (AvgIpc) is 2.06. The Labute approximate surface area is 77.4 Å². The first-order valence-corrected chi connectivity index (χ1v) is 3.53. The van der Waals surface area contributed by atoms with Crippen molar-refractivity contribution in [2.24, 2.45) is 0 Å². The number of hydrogen-bond acceptors (Lipinski definition) is 3. The first-order valence-electron chi connectivity index (χ1n) is 3.53. The summed E-state index contributed by atoms with van der Waals surface area (Å²) in [6.45, 7) is 0. The minimum atomic E-state index is -4.73. The Bertz CT molecular complexity index is 346. The fourth-order valence-electron chi connectivity index (χ4n) is 0.965. The Kier molecular flexibility index (Phi) is 2.46. The van der Waals surface area contributed by atoms with Crippen LogP contribution in [-0.2, 0) is 6.18 Å². The molecule has 14 heavy (non-hydrogen) atoms. The quantitative estimate of drug-likeness (QED) is 0.695. The summed E-state index contributed by atoms with van der Waals surface area (Å²) >= 11 is 0. The molecule has 0 unspecified atom stereocenters. The molecule has 0 aliphatic carbocycles. The van der Waals surface area contributed by atoms with Crippen molar-refractivity contribution in [3.63, 3.8) is 0 Å². The molecule has 1 aromatic carbocycles. The monoisotopic (exact) mass is 208 g/mol. The van der Waals surface area contributed by atoms with Gasteiger partial charge < -0.3 is 14.9 Å². The lowest BCUT2D eigenvalue weighted by molar-refractivity contribution is -0.139. The molecule has 0 bridgehead atoms. The Balaban J connectivity index is 3.37. The summed E-state index contributed by atoms with van der Waals surface area (Å²) in [5.41, 5.74) is -1.32. The molecule has 2 N–H and O–H groups in total. The van der Waals surface area contributed by atoms with E-state index in [0.29, 0.717) is 6.07 Å². The van der Waals surface area contributed by atoms with Crippen molar-refractivity contribution >= 4 is 0 Å². The highest BCUT2D eigenvalue weighted by molar-refractivity contribution is 5.51. The Hall–Kier alpha value is -1.59. The van der Waals surface area contributed by atoms with Gasteiger partial charge in [0, 0.05) is 6.07 Å². The molecule has 0 saturated heterocycles. The number of hydrogen-bond donors (Lipinski definition) is 2. The molecule has 0 radical (unpaired) electrons. The molecule has 0 aliphatic rings. The first kappa shape index (κ1) is 10.5. The molecule has 3 nitrogen and oxygen atoms in total. The highest BCUT2D eigenvalue weighted by Gasteiger charge is 2.35. The van der Waals surface area contributed by atoms with E-state index in [1.54, 1.807) is 0 Å². The summed E-state index contributed by atoms with van der Waals surface area (Å²) in [4.78, 5) is 0. The highest BCUT2D eigenvalue weighted by atomic mass is 19.4. The molecular formula is C8H7F3O3. The van der Waals surface area contributed by atoms with E-state index in [1.165, 1.54) is 0 Å². The molecular weight excluding hydrogens is 201 g/mol. The fraction of sp³-hybridized carbons (Fsp3) is 0.250. The number of rotatable bonds is 1. The van der Waals surface area contributed by atoms with Gasteiger partial charge in [0.25, 0.3) is 0 Å². The average molecular weight is 208 g/mol. The zero-order valence-electron chi connectivity index (χ0n) is 7.09. The number of phenols is 2. The van der Waals surface area contributed by atoms with Crippen molar-refractivity contribution in [1.82, 2.24) is 0 Å². The van der Waals surface area contributed by atoms with E-state index >= 15 is 0 Å². The standard InChI is InChI=1S/C8H7F3O3/c1-14-6-3-4(12)2-5(7(6)13)8(9,10)11/h2-3,12-13H,1H3. The summed E-state index contributed by atoms with van der Waals surface area (Å²) < 4.78 is 41.1. The SMILES string of the molecule is COc1cc(O)cc(C(F)(F)F)c1O. The molecule has 0 saturated carbocycles. The lowest BCUT2D eigenvalue weighted by Gasteiger charge is -2.12.